The number of likely N-dealkylation sites (N-methyl/N-ethyl adjacent to an activating group) is 1. The lowest BCUT2D eigenvalue weighted by Gasteiger charge is -2.29. The van der Waals surface area contributed by atoms with E-state index in [0.717, 1.165) is 25.9 Å². The van der Waals surface area contributed by atoms with Gasteiger partial charge in [0.1, 0.15) is 0 Å². The van der Waals surface area contributed by atoms with Gasteiger partial charge in [0.2, 0.25) is 5.91 Å². The number of carbonyl (C=O) groups is 1. The number of halogens is 2. The first-order valence-corrected chi connectivity index (χ1v) is 7.78. The molecule has 0 aliphatic heterocycles. The fourth-order valence-electron chi connectivity index (χ4n) is 2.47. The Morgan fingerprint density at radius 2 is 1.74 bits per heavy atom. The zero-order valence-corrected chi connectivity index (χ0v) is 16.0. The first kappa shape index (κ1) is 24.4. The Kier molecular flexibility index (Phi) is 13.4. The van der Waals surface area contributed by atoms with Gasteiger partial charge in [-0.3, -0.25) is 4.79 Å². The van der Waals surface area contributed by atoms with Gasteiger partial charge in [-0.2, -0.15) is 0 Å². The second kappa shape index (κ2) is 12.6. The Morgan fingerprint density at radius 3 is 2.22 bits per heavy atom. The molecule has 0 aliphatic carbocycles. The zero-order valence-electron chi connectivity index (χ0n) is 14.4. The molecule has 0 fully saturated rings. The average molecular weight is 364 g/mol. The van der Waals surface area contributed by atoms with Crippen LogP contribution in [0.1, 0.15) is 32.3 Å². The monoisotopic (exact) mass is 363 g/mol. The first-order chi connectivity index (χ1) is 10.1. The van der Waals surface area contributed by atoms with Crippen LogP contribution in [0.3, 0.4) is 0 Å². The highest BCUT2D eigenvalue weighted by molar-refractivity contribution is 5.85. The van der Waals surface area contributed by atoms with Crippen LogP contribution in [-0.4, -0.2) is 37.5 Å². The highest BCUT2D eigenvalue weighted by Crippen LogP contribution is 2.24. The highest BCUT2D eigenvalue weighted by Gasteiger charge is 2.32. The summed E-state index contributed by atoms with van der Waals surface area (Å²) in [6.07, 6.45) is 1.57. The molecule has 0 aliphatic rings. The predicted octanol–water partition coefficient (Wildman–Crippen LogP) is 2.84. The van der Waals surface area contributed by atoms with Crippen molar-refractivity contribution < 1.29 is 4.79 Å². The summed E-state index contributed by atoms with van der Waals surface area (Å²) >= 11 is 0. The largest absolute Gasteiger partial charge is 0.354 e. The Balaban J connectivity index is 0. The van der Waals surface area contributed by atoms with E-state index in [0.29, 0.717) is 13.1 Å². The van der Waals surface area contributed by atoms with Crippen LogP contribution in [0, 0.1) is 5.41 Å². The van der Waals surface area contributed by atoms with E-state index in [1.54, 1.807) is 0 Å². The van der Waals surface area contributed by atoms with Crippen LogP contribution in [-0.2, 0) is 11.3 Å². The van der Waals surface area contributed by atoms with Crippen molar-refractivity contribution in [3.05, 3.63) is 35.9 Å². The van der Waals surface area contributed by atoms with Gasteiger partial charge in [-0.05, 0) is 25.5 Å². The number of rotatable bonds is 9. The SMILES string of the molecule is CCC(CC)(CN)C(=O)NCCN(C)Cc1ccccc1.Cl.Cl. The number of nitrogens with two attached hydrogens (primary N) is 1. The third-order valence-electron chi connectivity index (χ3n) is 4.30. The van der Waals surface area contributed by atoms with Crippen molar-refractivity contribution in [2.75, 3.05) is 26.7 Å². The van der Waals surface area contributed by atoms with Crippen molar-refractivity contribution in [3.8, 4) is 0 Å². The molecule has 1 amide bonds. The van der Waals surface area contributed by atoms with Crippen LogP contribution in [0.5, 0.6) is 0 Å². The molecule has 23 heavy (non-hydrogen) atoms. The van der Waals surface area contributed by atoms with Gasteiger partial charge in [0.25, 0.3) is 0 Å². The molecule has 0 saturated heterocycles. The smallest absolute Gasteiger partial charge is 0.227 e. The van der Waals surface area contributed by atoms with Gasteiger partial charge in [0.15, 0.2) is 0 Å². The van der Waals surface area contributed by atoms with Crippen molar-refractivity contribution in [2.45, 2.75) is 33.2 Å². The van der Waals surface area contributed by atoms with Crippen LogP contribution in [0.4, 0.5) is 0 Å². The summed E-state index contributed by atoms with van der Waals surface area (Å²) < 4.78 is 0. The van der Waals surface area contributed by atoms with Crippen LogP contribution < -0.4 is 11.1 Å². The van der Waals surface area contributed by atoms with Crippen molar-refractivity contribution >= 4 is 30.7 Å². The van der Waals surface area contributed by atoms with E-state index < -0.39 is 5.41 Å². The summed E-state index contributed by atoms with van der Waals surface area (Å²) in [6.45, 7) is 6.83. The van der Waals surface area contributed by atoms with Crippen molar-refractivity contribution in [1.82, 2.24) is 10.2 Å². The van der Waals surface area contributed by atoms with Gasteiger partial charge in [-0.15, -0.1) is 24.8 Å². The summed E-state index contributed by atoms with van der Waals surface area (Å²) in [4.78, 5) is 14.5. The lowest BCUT2D eigenvalue weighted by Crippen LogP contribution is -2.46. The van der Waals surface area contributed by atoms with Crippen molar-refractivity contribution in [3.63, 3.8) is 0 Å². The number of amides is 1. The van der Waals surface area contributed by atoms with E-state index in [9.17, 15) is 4.79 Å². The minimum atomic E-state index is -0.405. The molecule has 6 heteroatoms. The topological polar surface area (TPSA) is 58.4 Å². The number of carbonyl (C=O) groups excluding carboxylic acids is 1. The van der Waals surface area contributed by atoms with Crippen LogP contribution in [0.2, 0.25) is 0 Å². The Bertz CT molecular complexity index is 417. The van der Waals surface area contributed by atoms with Crippen molar-refractivity contribution in [1.29, 1.82) is 0 Å². The molecular formula is C17H31Cl2N3O. The van der Waals surface area contributed by atoms with Gasteiger partial charge in [-0.1, -0.05) is 44.2 Å². The van der Waals surface area contributed by atoms with E-state index in [1.807, 2.05) is 32.0 Å². The molecule has 0 saturated carbocycles. The normalized spacial score (nSPS) is 10.7. The molecule has 3 N–H and O–H groups in total. The van der Waals surface area contributed by atoms with E-state index in [4.69, 9.17) is 5.73 Å². The second-order valence-corrected chi connectivity index (χ2v) is 5.67. The maximum Gasteiger partial charge on any atom is 0.227 e. The minimum absolute atomic E-state index is 0. The van der Waals surface area contributed by atoms with Crippen LogP contribution in [0.25, 0.3) is 0 Å². The maximum absolute atomic E-state index is 12.3. The quantitative estimate of drug-likeness (QED) is 0.708. The van der Waals surface area contributed by atoms with E-state index in [2.05, 4.69) is 29.4 Å². The maximum atomic E-state index is 12.3. The van der Waals surface area contributed by atoms with Gasteiger partial charge < -0.3 is 16.0 Å². The molecule has 0 atom stereocenters. The Hall–Kier alpha value is -0.810. The fraction of sp³-hybridized carbons (Fsp3) is 0.588. The summed E-state index contributed by atoms with van der Waals surface area (Å²) in [5.41, 5.74) is 6.67. The molecule has 0 bridgehead atoms. The summed E-state index contributed by atoms with van der Waals surface area (Å²) in [5, 5.41) is 3.03. The third kappa shape index (κ3) is 7.53. The Labute approximate surface area is 153 Å². The molecule has 4 nitrogen and oxygen atoms in total. The number of hydrogen-bond acceptors (Lipinski definition) is 3. The lowest BCUT2D eigenvalue weighted by molar-refractivity contribution is -0.131. The minimum Gasteiger partial charge on any atom is -0.354 e. The summed E-state index contributed by atoms with van der Waals surface area (Å²) in [6, 6.07) is 10.3. The molecule has 0 heterocycles. The molecule has 0 spiro atoms. The van der Waals surface area contributed by atoms with Crippen LogP contribution in [0.15, 0.2) is 30.3 Å². The van der Waals surface area contributed by atoms with Gasteiger partial charge in [-0.25, -0.2) is 0 Å². The second-order valence-electron chi connectivity index (χ2n) is 5.67. The van der Waals surface area contributed by atoms with Crippen LogP contribution >= 0.6 is 24.8 Å². The fourth-order valence-corrected chi connectivity index (χ4v) is 2.47. The average Bonchev–Trinajstić information content (AvgIpc) is 2.50. The summed E-state index contributed by atoms with van der Waals surface area (Å²) in [7, 11) is 2.06. The lowest BCUT2D eigenvalue weighted by atomic mass is 9.81. The Morgan fingerprint density at radius 1 is 1.17 bits per heavy atom. The molecule has 1 aromatic carbocycles. The highest BCUT2D eigenvalue weighted by atomic mass is 35.5. The number of nitrogens with zero attached hydrogens (tertiary/aromatic N) is 1. The van der Waals surface area contributed by atoms with E-state index in [1.165, 1.54) is 5.56 Å². The molecule has 0 aromatic heterocycles. The number of hydrogen-bond donors (Lipinski definition) is 2. The first-order valence-electron chi connectivity index (χ1n) is 7.78. The van der Waals surface area contributed by atoms with Gasteiger partial charge in [0, 0.05) is 26.2 Å². The standard InChI is InChI=1S/C17H29N3O.2ClH/c1-4-17(5-2,14-18)16(21)19-11-12-20(3)13-15-9-7-6-8-10-15;;/h6-10H,4-5,11-14,18H2,1-3H3,(H,19,21);2*1H. The number of nitrogens with one attached hydrogen (secondary N) is 1. The molecule has 1 aromatic rings. The molecule has 0 radical (unpaired) electrons. The zero-order chi connectivity index (χ0) is 15.7. The third-order valence-corrected chi connectivity index (χ3v) is 4.30. The van der Waals surface area contributed by atoms with Gasteiger partial charge >= 0.3 is 0 Å². The number of benzene rings is 1. The van der Waals surface area contributed by atoms with E-state index >= 15 is 0 Å². The van der Waals surface area contributed by atoms with Crippen molar-refractivity contribution in [2.24, 2.45) is 11.1 Å². The molecular weight excluding hydrogens is 333 g/mol. The van der Waals surface area contributed by atoms with Gasteiger partial charge in [0.05, 0.1) is 5.41 Å². The molecule has 134 valence electrons. The molecule has 1 rings (SSSR count). The van der Waals surface area contributed by atoms with E-state index in [-0.39, 0.29) is 30.7 Å². The summed E-state index contributed by atoms with van der Waals surface area (Å²) in [5.74, 6) is 0.0862. The molecule has 0 unspecified atom stereocenters. The predicted molar refractivity (Wildman–Crippen MR) is 102 cm³/mol.